The van der Waals surface area contributed by atoms with Crippen molar-refractivity contribution in [1.82, 2.24) is 15.0 Å². The number of hydrogen-bond acceptors (Lipinski definition) is 4. The molecular weight excluding hydrogens is 273 g/mol. The van der Waals surface area contributed by atoms with Gasteiger partial charge in [-0.25, -0.2) is 9.37 Å². The summed E-state index contributed by atoms with van der Waals surface area (Å²) in [5, 5.41) is 0. The number of nitrogens with zero attached hydrogens (tertiary/aromatic N) is 2. The van der Waals surface area contributed by atoms with Crippen molar-refractivity contribution in [3.8, 4) is 23.0 Å². The van der Waals surface area contributed by atoms with Crippen molar-refractivity contribution in [3.63, 3.8) is 0 Å². The molecule has 2 aromatic heterocycles. The Hall–Kier alpha value is -2.63. The van der Waals surface area contributed by atoms with Crippen molar-refractivity contribution in [2.45, 2.75) is 6.92 Å². The van der Waals surface area contributed by atoms with E-state index < -0.39 is 5.82 Å². The lowest BCUT2D eigenvalue weighted by atomic mass is 10.2. The number of imidazole rings is 1. The van der Waals surface area contributed by atoms with E-state index in [0.29, 0.717) is 24.0 Å². The zero-order valence-electron chi connectivity index (χ0n) is 11.7. The number of fused-ring (bicyclic) bond motifs is 1. The van der Waals surface area contributed by atoms with Gasteiger partial charge < -0.3 is 14.5 Å². The number of halogens is 1. The van der Waals surface area contributed by atoms with Crippen LogP contribution in [0.1, 0.15) is 6.92 Å². The van der Waals surface area contributed by atoms with Gasteiger partial charge in [0.15, 0.2) is 17.2 Å². The lowest BCUT2D eigenvalue weighted by Gasteiger charge is -2.03. The van der Waals surface area contributed by atoms with Crippen LogP contribution in [0.2, 0.25) is 0 Å². The Morgan fingerprint density at radius 2 is 2.05 bits per heavy atom. The Morgan fingerprint density at radius 1 is 1.19 bits per heavy atom. The Balaban J connectivity index is 2.04. The summed E-state index contributed by atoms with van der Waals surface area (Å²) in [6, 6.07) is 8.21. The average Bonchev–Trinajstić information content (AvgIpc) is 2.91. The smallest absolute Gasteiger partial charge is 0.215 e. The van der Waals surface area contributed by atoms with Crippen molar-refractivity contribution >= 4 is 11.2 Å². The molecule has 1 N–H and O–H groups in total. The normalized spacial score (nSPS) is 10.8. The maximum Gasteiger partial charge on any atom is 0.215 e. The first-order valence-electron chi connectivity index (χ1n) is 6.54. The molecule has 3 aromatic rings. The topological polar surface area (TPSA) is 60.0 Å². The molecular formula is C15H14FN3O2. The third kappa shape index (κ3) is 2.52. The van der Waals surface area contributed by atoms with E-state index in [1.807, 2.05) is 13.0 Å². The Kier molecular flexibility index (Phi) is 3.43. The van der Waals surface area contributed by atoms with Crippen LogP contribution in [0, 0.1) is 5.82 Å². The molecule has 2 heterocycles. The fourth-order valence-corrected chi connectivity index (χ4v) is 2.05. The van der Waals surface area contributed by atoms with E-state index in [1.54, 1.807) is 18.2 Å². The molecule has 0 unspecified atom stereocenters. The van der Waals surface area contributed by atoms with Gasteiger partial charge in [-0.2, -0.15) is 4.98 Å². The highest BCUT2D eigenvalue weighted by Gasteiger charge is 2.10. The summed E-state index contributed by atoms with van der Waals surface area (Å²) in [7, 11) is 1.43. The van der Waals surface area contributed by atoms with Crippen LogP contribution >= 0.6 is 0 Å². The number of rotatable bonds is 4. The number of pyridine rings is 1. The lowest BCUT2D eigenvalue weighted by molar-refractivity contribution is 0.328. The van der Waals surface area contributed by atoms with E-state index in [-0.39, 0.29) is 5.75 Å². The molecule has 0 fully saturated rings. The number of methoxy groups -OCH3 is 1. The number of H-pyrrole nitrogens is 1. The minimum Gasteiger partial charge on any atom is -0.494 e. The summed E-state index contributed by atoms with van der Waals surface area (Å²) in [6.45, 7) is 2.44. The first-order valence-corrected chi connectivity index (χ1v) is 6.54. The van der Waals surface area contributed by atoms with Gasteiger partial charge in [-0.3, -0.25) is 0 Å². The summed E-state index contributed by atoms with van der Waals surface area (Å²) in [4.78, 5) is 11.9. The number of ether oxygens (including phenoxy) is 2. The van der Waals surface area contributed by atoms with Crippen molar-refractivity contribution in [2.75, 3.05) is 13.7 Å². The van der Waals surface area contributed by atoms with Gasteiger partial charge in [-0.05, 0) is 31.2 Å². The minimum absolute atomic E-state index is 0.177. The van der Waals surface area contributed by atoms with Gasteiger partial charge in [0, 0.05) is 11.6 Å². The monoisotopic (exact) mass is 287 g/mol. The van der Waals surface area contributed by atoms with E-state index >= 15 is 0 Å². The molecule has 21 heavy (non-hydrogen) atoms. The van der Waals surface area contributed by atoms with Crippen molar-refractivity contribution in [2.24, 2.45) is 0 Å². The van der Waals surface area contributed by atoms with Gasteiger partial charge in [0.05, 0.1) is 19.2 Å². The Bertz CT molecular complexity index is 786. The van der Waals surface area contributed by atoms with Crippen LogP contribution in [-0.4, -0.2) is 28.7 Å². The van der Waals surface area contributed by atoms with Crippen molar-refractivity contribution < 1.29 is 13.9 Å². The summed E-state index contributed by atoms with van der Waals surface area (Å²) in [5.41, 5.74) is 2.07. The molecule has 0 amide bonds. The van der Waals surface area contributed by atoms with E-state index in [9.17, 15) is 4.39 Å². The molecule has 0 saturated carbocycles. The number of hydrogen-bond donors (Lipinski definition) is 1. The van der Waals surface area contributed by atoms with Crippen LogP contribution in [0.4, 0.5) is 4.39 Å². The third-order valence-electron chi connectivity index (χ3n) is 3.04. The SMILES string of the molecule is CCOc1ccc2[nH]c(-c3ccc(F)c(OC)c3)nc2n1. The highest BCUT2D eigenvalue weighted by atomic mass is 19.1. The maximum atomic E-state index is 13.4. The fourth-order valence-electron chi connectivity index (χ4n) is 2.05. The van der Waals surface area contributed by atoms with Crippen LogP contribution < -0.4 is 9.47 Å². The maximum absolute atomic E-state index is 13.4. The second-order valence-corrected chi connectivity index (χ2v) is 4.39. The van der Waals surface area contributed by atoms with Gasteiger partial charge in [-0.15, -0.1) is 0 Å². The zero-order valence-corrected chi connectivity index (χ0v) is 11.7. The number of aromatic amines is 1. The van der Waals surface area contributed by atoms with Crippen LogP contribution in [0.25, 0.3) is 22.6 Å². The van der Waals surface area contributed by atoms with Crippen LogP contribution in [0.3, 0.4) is 0 Å². The van der Waals surface area contributed by atoms with Gasteiger partial charge in [-0.1, -0.05) is 0 Å². The van der Waals surface area contributed by atoms with Gasteiger partial charge >= 0.3 is 0 Å². The molecule has 0 aliphatic heterocycles. The second-order valence-electron chi connectivity index (χ2n) is 4.39. The lowest BCUT2D eigenvalue weighted by Crippen LogP contribution is -1.93. The molecule has 0 spiro atoms. The third-order valence-corrected chi connectivity index (χ3v) is 3.04. The molecule has 0 bridgehead atoms. The first kappa shape index (κ1) is 13.4. The quantitative estimate of drug-likeness (QED) is 0.800. The summed E-state index contributed by atoms with van der Waals surface area (Å²) in [6.07, 6.45) is 0. The Morgan fingerprint density at radius 3 is 2.81 bits per heavy atom. The second kappa shape index (κ2) is 5.40. The van der Waals surface area contributed by atoms with Crippen LogP contribution in [0.15, 0.2) is 30.3 Å². The fraction of sp³-hybridized carbons (Fsp3) is 0.200. The summed E-state index contributed by atoms with van der Waals surface area (Å²) < 4.78 is 23.8. The largest absolute Gasteiger partial charge is 0.494 e. The molecule has 6 heteroatoms. The number of aromatic nitrogens is 3. The van der Waals surface area contributed by atoms with E-state index in [1.165, 1.54) is 13.2 Å². The van der Waals surface area contributed by atoms with Gasteiger partial charge in [0.1, 0.15) is 5.82 Å². The molecule has 108 valence electrons. The van der Waals surface area contributed by atoms with Gasteiger partial charge in [0.25, 0.3) is 0 Å². The summed E-state index contributed by atoms with van der Waals surface area (Å²) in [5.74, 6) is 0.897. The standard InChI is InChI=1S/C15H14FN3O2/c1-3-21-13-7-6-11-15(18-13)19-14(17-11)9-4-5-10(16)12(8-9)20-2/h4-8H,3H2,1-2H3,(H,17,18,19). The molecule has 0 atom stereocenters. The molecule has 0 radical (unpaired) electrons. The molecule has 0 aliphatic carbocycles. The molecule has 3 rings (SSSR count). The molecule has 5 nitrogen and oxygen atoms in total. The Labute approximate surface area is 120 Å². The highest BCUT2D eigenvalue weighted by molar-refractivity contribution is 5.76. The first-order chi connectivity index (χ1) is 10.2. The van der Waals surface area contributed by atoms with Gasteiger partial charge in [0.2, 0.25) is 5.88 Å². The predicted molar refractivity (Wildman–Crippen MR) is 77.0 cm³/mol. The molecule has 0 aliphatic rings. The molecule has 1 aromatic carbocycles. The number of benzene rings is 1. The van der Waals surface area contributed by atoms with E-state index in [0.717, 1.165) is 11.1 Å². The van der Waals surface area contributed by atoms with E-state index in [2.05, 4.69) is 15.0 Å². The van der Waals surface area contributed by atoms with Crippen molar-refractivity contribution in [3.05, 3.63) is 36.1 Å². The zero-order chi connectivity index (χ0) is 14.8. The van der Waals surface area contributed by atoms with E-state index in [4.69, 9.17) is 9.47 Å². The minimum atomic E-state index is -0.408. The van der Waals surface area contributed by atoms with Crippen molar-refractivity contribution in [1.29, 1.82) is 0 Å². The predicted octanol–water partition coefficient (Wildman–Crippen LogP) is 3.17. The van der Waals surface area contributed by atoms with Crippen LogP contribution in [-0.2, 0) is 0 Å². The summed E-state index contributed by atoms with van der Waals surface area (Å²) >= 11 is 0. The average molecular weight is 287 g/mol. The highest BCUT2D eigenvalue weighted by Crippen LogP contribution is 2.26. The van der Waals surface area contributed by atoms with Crippen LogP contribution in [0.5, 0.6) is 11.6 Å². The molecule has 0 saturated heterocycles. The number of nitrogens with one attached hydrogen (secondary N) is 1.